The number of hydrogen-bond donors (Lipinski definition) is 1. The van der Waals surface area contributed by atoms with Gasteiger partial charge in [0, 0.05) is 6.54 Å². The number of nitrogens with one attached hydrogen (secondary N) is 1. The topological polar surface area (TPSA) is 66.5 Å². The number of aryl methyl sites for hydroxylation is 2. The molecule has 0 fully saturated rings. The average Bonchev–Trinajstić information content (AvgIpc) is 2.60. The predicted octanol–water partition coefficient (Wildman–Crippen LogP) is 2.80. The van der Waals surface area contributed by atoms with Gasteiger partial charge in [0.2, 0.25) is 5.91 Å². The number of carbonyl (C=O) groups is 1. The first-order valence-corrected chi connectivity index (χ1v) is 9.33. The molecule has 0 atom stereocenters. The molecule has 0 spiro atoms. The Balaban J connectivity index is 2.50. The summed E-state index contributed by atoms with van der Waals surface area (Å²) in [5, 5.41) is 2.63. The van der Waals surface area contributed by atoms with Crippen molar-refractivity contribution in [2.45, 2.75) is 18.7 Å². The highest BCUT2D eigenvalue weighted by Crippen LogP contribution is 2.27. The number of hydrogen-bond acceptors (Lipinski definition) is 3. The fraction of sp³-hybridized carbons (Fsp3) is 0.211. The molecule has 0 aromatic heterocycles. The first-order chi connectivity index (χ1) is 11.9. The number of anilines is 1. The Hall–Kier alpha value is -2.60. The van der Waals surface area contributed by atoms with Crippen molar-refractivity contribution in [1.29, 1.82) is 0 Å². The highest BCUT2D eigenvalue weighted by molar-refractivity contribution is 7.92. The van der Waals surface area contributed by atoms with Gasteiger partial charge in [-0.15, -0.1) is 6.58 Å². The van der Waals surface area contributed by atoms with E-state index in [2.05, 4.69) is 11.9 Å². The molecule has 0 aliphatic heterocycles. The van der Waals surface area contributed by atoms with Crippen LogP contribution in [0.1, 0.15) is 11.1 Å². The standard InChI is InChI=1S/C19H22N2O3S/c1-4-12-20-19(22)14-21(18-13-15(2)10-11-16(18)3)25(23,24)17-8-6-5-7-9-17/h4-11,13H,1,12,14H2,2-3H3,(H,20,22). The Morgan fingerprint density at radius 2 is 1.84 bits per heavy atom. The molecular weight excluding hydrogens is 336 g/mol. The van der Waals surface area contributed by atoms with Gasteiger partial charge in [-0.05, 0) is 43.2 Å². The van der Waals surface area contributed by atoms with Crippen LogP contribution in [0.15, 0.2) is 66.1 Å². The largest absolute Gasteiger partial charge is 0.351 e. The van der Waals surface area contributed by atoms with Crippen LogP contribution in [0.4, 0.5) is 5.69 Å². The van der Waals surface area contributed by atoms with Crippen molar-refractivity contribution in [3.05, 3.63) is 72.3 Å². The number of benzene rings is 2. The summed E-state index contributed by atoms with van der Waals surface area (Å²) >= 11 is 0. The second-order valence-corrected chi connectivity index (χ2v) is 7.57. The van der Waals surface area contributed by atoms with E-state index in [1.54, 1.807) is 30.3 Å². The lowest BCUT2D eigenvalue weighted by molar-refractivity contribution is -0.119. The maximum absolute atomic E-state index is 13.1. The molecule has 0 aliphatic rings. The number of nitrogens with zero attached hydrogens (tertiary/aromatic N) is 1. The van der Waals surface area contributed by atoms with Gasteiger partial charge in [0.05, 0.1) is 10.6 Å². The minimum atomic E-state index is -3.87. The third kappa shape index (κ3) is 4.48. The van der Waals surface area contributed by atoms with Crippen LogP contribution in [0.5, 0.6) is 0 Å². The van der Waals surface area contributed by atoms with E-state index < -0.39 is 10.0 Å². The van der Waals surface area contributed by atoms with E-state index >= 15 is 0 Å². The lowest BCUT2D eigenvalue weighted by Gasteiger charge is -2.26. The summed E-state index contributed by atoms with van der Waals surface area (Å²) in [6.07, 6.45) is 1.55. The molecule has 0 bridgehead atoms. The van der Waals surface area contributed by atoms with Crippen molar-refractivity contribution in [2.75, 3.05) is 17.4 Å². The van der Waals surface area contributed by atoms with Gasteiger partial charge in [-0.1, -0.05) is 36.4 Å². The predicted molar refractivity (Wildman–Crippen MR) is 100 cm³/mol. The lowest BCUT2D eigenvalue weighted by Crippen LogP contribution is -2.41. The van der Waals surface area contributed by atoms with E-state index in [0.29, 0.717) is 5.69 Å². The molecule has 1 amide bonds. The molecular formula is C19H22N2O3S. The third-order valence-corrected chi connectivity index (χ3v) is 5.47. The Bertz CT molecular complexity index is 861. The summed E-state index contributed by atoms with van der Waals surface area (Å²) in [6.45, 7) is 7.24. The monoisotopic (exact) mass is 358 g/mol. The van der Waals surface area contributed by atoms with Gasteiger partial charge in [-0.2, -0.15) is 0 Å². The average molecular weight is 358 g/mol. The van der Waals surface area contributed by atoms with Crippen LogP contribution in [0, 0.1) is 13.8 Å². The Labute approximate surface area is 149 Å². The molecule has 5 nitrogen and oxygen atoms in total. The van der Waals surface area contributed by atoms with E-state index in [0.717, 1.165) is 15.4 Å². The van der Waals surface area contributed by atoms with Gasteiger partial charge in [0.25, 0.3) is 10.0 Å². The minimum absolute atomic E-state index is 0.146. The van der Waals surface area contributed by atoms with Gasteiger partial charge >= 0.3 is 0 Å². The number of amides is 1. The molecule has 0 aliphatic carbocycles. The Morgan fingerprint density at radius 3 is 2.48 bits per heavy atom. The number of carbonyl (C=O) groups excluding carboxylic acids is 1. The van der Waals surface area contributed by atoms with E-state index in [1.165, 1.54) is 12.1 Å². The van der Waals surface area contributed by atoms with Crippen molar-refractivity contribution in [3.8, 4) is 0 Å². The third-order valence-electron chi connectivity index (χ3n) is 3.70. The van der Waals surface area contributed by atoms with Crippen molar-refractivity contribution in [1.82, 2.24) is 5.32 Å². The van der Waals surface area contributed by atoms with Gasteiger partial charge in [-0.3, -0.25) is 9.10 Å². The maximum Gasteiger partial charge on any atom is 0.264 e. The van der Waals surface area contributed by atoms with Crippen molar-refractivity contribution < 1.29 is 13.2 Å². The van der Waals surface area contributed by atoms with Crippen molar-refractivity contribution in [2.24, 2.45) is 0 Å². The molecule has 0 saturated carbocycles. The van der Waals surface area contributed by atoms with Crippen LogP contribution < -0.4 is 9.62 Å². The zero-order chi connectivity index (χ0) is 18.4. The maximum atomic E-state index is 13.1. The molecule has 6 heteroatoms. The zero-order valence-electron chi connectivity index (χ0n) is 14.4. The molecule has 1 N–H and O–H groups in total. The first kappa shape index (κ1) is 18.7. The smallest absolute Gasteiger partial charge is 0.264 e. The van der Waals surface area contributed by atoms with E-state index in [-0.39, 0.29) is 23.9 Å². The highest BCUT2D eigenvalue weighted by Gasteiger charge is 2.28. The normalized spacial score (nSPS) is 11.0. The molecule has 0 unspecified atom stereocenters. The van der Waals surface area contributed by atoms with Gasteiger partial charge in [0.1, 0.15) is 6.54 Å². The van der Waals surface area contributed by atoms with E-state index in [4.69, 9.17) is 0 Å². The Morgan fingerprint density at radius 1 is 1.16 bits per heavy atom. The van der Waals surface area contributed by atoms with Crippen LogP contribution in [-0.4, -0.2) is 27.4 Å². The lowest BCUT2D eigenvalue weighted by atomic mass is 10.1. The number of rotatable bonds is 7. The molecule has 0 heterocycles. The molecule has 2 aromatic rings. The summed E-state index contributed by atoms with van der Waals surface area (Å²) in [5.41, 5.74) is 2.19. The second-order valence-electron chi connectivity index (χ2n) is 5.71. The molecule has 0 radical (unpaired) electrons. The first-order valence-electron chi connectivity index (χ1n) is 7.89. The van der Waals surface area contributed by atoms with E-state index in [1.807, 2.05) is 26.0 Å². The summed E-state index contributed by atoms with van der Waals surface area (Å²) in [4.78, 5) is 12.3. The van der Waals surface area contributed by atoms with Crippen LogP contribution in [0.25, 0.3) is 0 Å². The van der Waals surface area contributed by atoms with Crippen molar-refractivity contribution >= 4 is 21.6 Å². The van der Waals surface area contributed by atoms with Gasteiger partial charge in [0.15, 0.2) is 0 Å². The summed E-state index contributed by atoms with van der Waals surface area (Å²) < 4.78 is 27.4. The molecule has 2 aromatic carbocycles. The van der Waals surface area contributed by atoms with Gasteiger partial charge < -0.3 is 5.32 Å². The van der Waals surface area contributed by atoms with Crippen LogP contribution >= 0.6 is 0 Å². The zero-order valence-corrected chi connectivity index (χ0v) is 15.2. The number of sulfonamides is 1. The summed E-state index contributed by atoms with van der Waals surface area (Å²) in [7, 11) is -3.87. The fourth-order valence-corrected chi connectivity index (χ4v) is 3.88. The molecule has 132 valence electrons. The summed E-state index contributed by atoms with van der Waals surface area (Å²) in [6, 6.07) is 13.6. The second kappa shape index (κ2) is 7.98. The molecule has 0 saturated heterocycles. The SMILES string of the molecule is C=CCNC(=O)CN(c1cc(C)ccc1C)S(=O)(=O)c1ccccc1. The summed E-state index contributed by atoms with van der Waals surface area (Å²) in [5.74, 6) is -0.389. The van der Waals surface area contributed by atoms with Crippen LogP contribution in [-0.2, 0) is 14.8 Å². The van der Waals surface area contributed by atoms with Crippen LogP contribution in [0.3, 0.4) is 0 Å². The minimum Gasteiger partial charge on any atom is -0.351 e. The van der Waals surface area contributed by atoms with Crippen LogP contribution in [0.2, 0.25) is 0 Å². The van der Waals surface area contributed by atoms with Gasteiger partial charge in [-0.25, -0.2) is 8.42 Å². The quantitative estimate of drug-likeness (QED) is 0.774. The molecule has 2 rings (SSSR count). The Kier molecular flexibility index (Phi) is 5.98. The van der Waals surface area contributed by atoms with E-state index in [9.17, 15) is 13.2 Å². The fourth-order valence-electron chi connectivity index (χ4n) is 2.38. The van der Waals surface area contributed by atoms with Crippen molar-refractivity contribution in [3.63, 3.8) is 0 Å². The highest BCUT2D eigenvalue weighted by atomic mass is 32.2. The molecule has 25 heavy (non-hydrogen) atoms.